The smallest absolute Gasteiger partial charge is 0.231 e. The number of anilines is 1. The molecule has 2 aliphatic rings. The van der Waals surface area contributed by atoms with Crippen molar-refractivity contribution in [1.82, 2.24) is 14.9 Å². The molecule has 2 aromatic heterocycles. The first-order valence-corrected chi connectivity index (χ1v) is 12.9. The van der Waals surface area contributed by atoms with Crippen LogP contribution in [0.4, 0.5) is 5.69 Å². The van der Waals surface area contributed by atoms with Crippen LogP contribution >= 0.6 is 12.2 Å². The van der Waals surface area contributed by atoms with E-state index in [1.165, 1.54) is 39.3 Å². The van der Waals surface area contributed by atoms with E-state index in [9.17, 15) is 0 Å². The Morgan fingerprint density at radius 3 is 2.41 bits per heavy atom. The van der Waals surface area contributed by atoms with Gasteiger partial charge in [0.05, 0.1) is 23.5 Å². The molecule has 0 saturated carbocycles. The summed E-state index contributed by atoms with van der Waals surface area (Å²) in [6, 6.07) is 18.6. The highest BCUT2D eigenvalue weighted by Gasteiger charge is 2.42. The third-order valence-electron chi connectivity index (χ3n) is 7.38. The summed E-state index contributed by atoms with van der Waals surface area (Å²) in [5.74, 6) is 1.49. The number of ether oxygens (including phenoxy) is 2. The molecular formula is C30H30N4O2S. The first-order valence-electron chi connectivity index (χ1n) is 12.5. The van der Waals surface area contributed by atoms with E-state index in [0.717, 1.165) is 22.9 Å². The molecule has 0 amide bonds. The zero-order valence-corrected chi connectivity index (χ0v) is 22.5. The number of fused-ring (bicyclic) bond motifs is 1. The van der Waals surface area contributed by atoms with Gasteiger partial charge in [0.25, 0.3) is 0 Å². The van der Waals surface area contributed by atoms with Crippen molar-refractivity contribution in [3.05, 3.63) is 100 Å². The quantitative estimate of drug-likeness (QED) is 0.324. The van der Waals surface area contributed by atoms with Crippen LogP contribution in [0.5, 0.6) is 11.5 Å². The number of hydrogen-bond acceptors (Lipinski definition) is 4. The van der Waals surface area contributed by atoms with Crippen molar-refractivity contribution in [3.8, 4) is 17.2 Å². The summed E-state index contributed by atoms with van der Waals surface area (Å²) in [4.78, 5) is 6.90. The predicted octanol–water partition coefficient (Wildman–Crippen LogP) is 6.32. The van der Waals surface area contributed by atoms with E-state index < -0.39 is 0 Å². The number of thiocarbonyl (C=S) groups is 1. The molecule has 4 aromatic rings. The number of pyridine rings is 1. The van der Waals surface area contributed by atoms with Gasteiger partial charge in [-0.15, -0.1) is 0 Å². The zero-order chi connectivity index (χ0) is 25.8. The fourth-order valence-corrected chi connectivity index (χ4v) is 6.29. The van der Waals surface area contributed by atoms with Gasteiger partial charge in [0.2, 0.25) is 6.79 Å². The van der Waals surface area contributed by atoms with Crippen molar-refractivity contribution in [2.24, 2.45) is 0 Å². The number of aromatic nitrogens is 2. The highest BCUT2D eigenvalue weighted by molar-refractivity contribution is 7.80. The number of rotatable bonds is 4. The average Bonchev–Trinajstić information content (AvgIpc) is 3.55. The van der Waals surface area contributed by atoms with Crippen molar-refractivity contribution in [2.45, 2.75) is 46.7 Å². The normalized spacial score (nSPS) is 18.4. The van der Waals surface area contributed by atoms with Gasteiger partial charge in [-0.2, -0.15) is 0 Å². The lowest BCUT2D eigenvalue weighted by atomic mass is 9.96. The van der Waals surface area contributed by atoms with Crippen molar-refractivity contribution in [1.29, 1.82) is 0 Å². The van der Waals surface area contributed by atoms with E-state index in [1.807, 2.05) is 36.5 Å². The predicted molar refractivity (Wildman–Crippen MR) is 150 cm³/mol. The molecule has 0 spiro atoms. The Bertz CT molecular complexity index is 1510. The monoisotopic (exact) mass is 510 g/mol. The maximum atomic E-state index is 5.95. The Balaban J connectivity index is 1.53. The summed E-state index contributed by atoms with van der Waals surface area (Å²) in [5.41, 5.74) is 10.5. The second-order valence-corrected chi connectivity index (χ2v) is 10.3. The summed E-state index contributed by atoms with van der Waals surface area (Å²) in [7, 11) is 0. The minimum absolute atomic E-state index is 0.103. The number of benzene rings is 2. The Kier molecular flexibility index (Phi) is 5.68. The Hall–Kier alpha value is -3.84. The summed E-state index contributed by atoms with van der Waals surface area (Å²) in [5, 5.41) is 4.23. The minimum Gasteiger partial charge on any atom is -0.454 e. The number of hydrogen-bond donors (Lipinski definition) is 1. The van der Waals surface area contributed by atoms with Crippen LogP contribution in [0, 0.1) is 34.6 Å². The minimum atomic E-state index is -0.117. The van der Waals surface area contributed by atoms with Crippen molar-refractivity contribution in [2.75, 3.05) is 11.7 Å². The second kappa shape index (κ2) is 8.92. The molecule has 0 unspecified atom stereocenters. The molecule has 6 rings (SSSR count). The molecule has 1 fully saturated rings. The molecule has 2 aliphatic heterocycles. The lowest BCUT2D eigenvalue weighted by Crippen LogP contribution is -2.29. The van der Waals surface area contributed by atoms with Gasteiger partial charge in [0, 0.05) is 29.3 Å². The van der Waals surface area contributed by atoms with E-state index in [4.69, 9.17) is 26.7 Å². The van der Waals surface area contributed by atoms with E-state index in [-0.39, 0.29) is 18.9 Å². The lowest BCUT2D eigenvalue weighted by Gasteiger charge is -2.28. The fraction of sp³-hybridized carbons (Fsp3) is 0.267. The molecule has 188 valence electrons. The number of aryl methyl sites for hydroxylation is 4. The van der Waals surface area contributed by atoms with E-state index in [0.29, 0.717) is 5.11 Å². The number of nitrogens with zero attached hydrogens (tertiary/aromatic N) is 3. The largest absolute Gasteiger partial charge is 0.454 e. The molecule has 0 bridgehead atoms. The maximum absolute atomic E-state index is 5.95. The molecule has 37 heavy (non-hydrogen) atoms. The Morgan fingerprint density at radius 1 is 0.919 bits per heavy atom. The number of nitrogens with one attached hydrogen (secondary N) is 1. The van der Waals surface area contributed by atoms with Crippen molar-refractivity contribution < 1.29 is 9.47 Å². The van der Waals surface area contributed by atoms with Gasteiger partial charge in [0.15, 0.2) is 16.6 Å². The summed E-state index contributed by atoms with van der Waals surface area (Å²) in [6.45, 7) is 11.1. The maximum Gasteiger partial charge on any atom is 0.231 e. The molecule has 6 nitrogen and oxygen atoms in total. The summed E-state index contributed by atoms with van der Waals surface area (Å²) < 4.78 is 13.6. The van der Waals surface area contributed by atoms with Crippen LogP contribution in [-0.4, -0.2) is 21.5 Å². The van der Waals surface area contributed by atoms with Gasteiger partial charge in [-0.1, -0.05) is 23.8 Å². The standard InChI is InChI=1S/C30H30N4O2S/c1-17-12-18(2)28(19(3)13-17)33-20(4)14-23(21(33)5)29-27(24-8-6-7-11-31-24)32-30(37)34(29)22-9-10-25-26(15-22)36-16-35-25/h6-15,27,29H,16H2,1-5H3,(H,32,37)/t27-,29-/m0/s1. The van der Waals surface area contributed by atoms with E-state index >= 15 is 0 Å². The van der Waals surface area contributed by atoms with Gasteiger partial charge in [0.1, 0.15) is 0 Å². The van der Waals surface area contributed by atoms with Crippen molar-refractivity contribution in [3.63, 3.8) is 0 Å². The summed E-state index contributed by atoms with van der Waals surface area (Å²) >= 11 is 5.95. The highest BCUT2D eigenvalue weighted by Crippen LogP contribution is 2.46. The Morgan fingerprint density at radius 2 is 1.68 bits per heavy atom. The van der Waals surface area contributed by atoms with Gasteiger partial charge in [-0.25, -0.2) is 0 Å². The van der Waals surface area contributed by atoms with Gasteiger partial charge < -0.3 is 24.3 Å². The second-order valence-electron chi connectivity index (χ2n) is 9.94. The molecule has 7 heteroatoms. The Labute approximate surface area is 222 Å². The van der Waals surface area contributed by atoms with Crippen LogP contribution in [0.15, 0.2) is 60.8 Å². The zero-order valence-electron chi connectivity index (χ0n) is 21.7. The first kappa shape index (κ1) is 23.6. The van der Waals surface area contributed by atoms with E-state index in [2.05, 4.69) is 73.7 Å². The first-order chi connectivity index (χ1) is 17.8. The van der Waals surface area contributed by atoms with Crippen LogP contribution < -0.4 is 19.7 Å². The van der Waals surface area contributed by atoms with Crippen LogP contribution in [-0.2, 0) is 0 Å². The van der Waals surface area contributed by atoms with Crippen LogP contribution in [0.1, 0.15) is 51.4 Å². The van der Waals surface area contributed by atoms with Crippen LogP contribution in [0.25, 0.3) is 5.69 Å². The molecular weight excluding hydrogens is 480 g/mol. The molecule has 0 aliphatic carbocycles. The average molecular weight is 511 g/mol. The van der Waals surface area contributed by atoms with Gasteiger partial charge >= 0.3 is 0 Å². The molecule has 2 atom stereocenters. The third kappa shape index (κ3) is 3.85. The fourth-order valence-electron chi connectivity index (χ4n) is 5.94. The molecule has 4 heterocycles. The SMILES string of the molecule is Cc1cc(C)c(-n2c(C)cc([C@H]3[C@H](c4ccccn4)NC(=S)N3c3ccc4c(c3)OCO4)c2C)c(C)c1. The lowest BCUT2D eigenvalue weighted by molar-refractivity contribution is 0.174. The van der Waals surface area contributed by atoms with Crippen LogP contribution in [0.2, 0.25) is 0 Å². The highest BCUT2D eigenvalue weighted by atomic mass is 32.1. The van der Waals surface area contributed by atoms with Crippen molar-refractivity contribution >= 4 is 23.0 Å². The molecule has 2 aromatic carbocycles. The molecule has 1 N–H and O–H groups in total. The third-order valence-corrected chi connectivity index (χ3v) is 7.69. The molecule has 0 radical (unpaired) electrons. The van der Waals surface area contributed by atoms with Crippen LogP contribution in [0.3, 0.4) is 0 Å². The van der Waals surface area contributed by atoms with Gasteiger partial charge in [-0.3, -0.25) is 4.98 Å². The van der Waals surface area contributed by atoms with E-state index in [1.54, 1.807) is 0 Å². The summed E-state index contributed by atoms with van der Waals surface area (Å²) in [6.07, 6.45) is 1.84. The topological polar surface area (TPSA) is 51.6 Å². The molecule has 1 saturated heterocycles. The van der Waals surface area contributed by atoms with Gasteiger partial charge in [-0.05, 0) is 93.9 Å².